The van der Waals surface area contributed by atoms with Crippen molar-refractivity contribution < 1.29 is 27.4 Å². The average Bonchev–Trinajstić information content (AvgIpc) is 3.26. The standard InChI is InChI=1S/C22H18ClF3N2O3/c1-21(2)14(11-17(23)22(24,25)26)19(21)20(29)31-16(12-27)15-9-6-10-18(28-15)30-13-7-4-3-5-8-13/h3-11,14,16,19H,1-2H3/b17-11-/t14-,16?,19+/m0/s1. The Balaban J connectivity index is 1.72. The molecule has 1 aliphatic carbocycles. The van der Waals surface area contributed by atoms with Crippen LogP contribution < -0.4 is 4.74 Å². The third-order valence-corrected chi connectivity index (χ3v) is 5.43. The number of carbonyl (C=O) groups is 1. The Morgan fingerprint density at radius 2 is 1.90 bits per heavy atom. The lowest BCUT2D eigenvalue weighted by atomic mass is 10.1. The minimum absolute atomic E-state index is 0.142. The number of allylic oxidation sites excluding steroid dienone is 2. The lowest BCUT2D eigenvalue weighted by molar-refractivity contribution is -0.149. The molecule has 9 heteroatoms. The van der Waals surface area contributed by atoms with E-state index in [-0.39, 0.29) is 11.6 Å². The van der Waals surface area contributed by atoms with Crippen LogP contribution in [0, 0.1) is 28.6 Å². The number of alkyl halides is 3. The van der Waals surface area contributed by atoms with Crippen molar-refractivity contribution >= 4 is 17.6 Å². The van der Waals surface area contributed by atoms with E-state index in [1.807, 2.05) is 12.1 Å². The van der Waals surface area contributed by atoms with Crippen LogP contribution in [0.1, 0.15) is 25.6 Å². The SMILES string of the molecule is CC1(C)[C@@H](/C=C(\Cl)C(F)(F)F)[C@@H]1C(=O)OC(C#N)c1cccc(Oc2ccccc2)n1. The second-order valence-corrected chi connectivity index (χ2v) is 8.01. The zero-order chi connectivity index (χ0) is 22.8. The second-order valence-electron chi connectivity index (χ2n) is 7.60. The van der Waals surface area contributed by atoms with Crippen LogP contribution in [0.4, 0.5) is 13.2 Å². The Morgan fingerprint density at radius 3 is 2.52 bits per heavy atom. The first-order valence-corrected chi connectivity index (χ1v) is 9.66. The third kappa shape index (κ3) is 5.17. The van der Waals surface area contributed by atoms with Crippen LogP contribution in [-0.2, 0) is 9.53 Å². The second kappa shape index (κ2) is 8.60. The van der Waals surface area contributed by atoms with Gasteiger partial charge in [0, 0.05) is 6.07 Å². The fourth-order valence-electron chi connectivity index (χ4n) is 3.28. The van der Waals surface area contributed by atoms with Crippen molar-refractivity contribution in [3.8, 4) is 17.7 Å². The van der Waals surface area contributed by atoms with E-state index in [0.29, 0.717) is 5.75 Å². The van der Waals surface area contributed by atoms with Crippen molar-refractivity contribution in [2.24, 2.45) is 17.3 Å². The molecule has 3 rings (SSSR count). The fraction of sp³-hybridized carbons (Fsp3) is 0.318. The first-order chi connectivity index (χ1) is 14.5. The highest BCUT2D eigenvalue weighted by molar-refractivity contribution is 6.30. The van der Waals surface area contributed by atoms with Gasteiger partial charge in [0.25, 0.3) is 0 Å². The van der Waals surface area contributed by atoms with E-state index in [1.54, 1.807) is 50.2 Å². The van der Waals surface area contributed by atoms with E-state index in [4.69, 9.17) is 21.1 Å². The lowest BCUT2D eigenvalue weighted by Gasteiger charge is -2.12. The summed E-state index contributed by atoms with van der Waals surface area (Å²) >= 11 is 5.31. The van der Waals surface area contributed by atoms with Crippen LogP contribution in [-0.4, -0.2) is 17.1 Å². The number of halogens is 4. The maximum Gasteiger partial charge on any atom is 0.426 e. The highest BCUT2D eigenvalue weighted by Crippen LogP contribution is 2.60. The molecular formula is C22H18ClF3N2O3. The van der Waals surface area contributed by atoms with Crippen LogP contribution in [0.2, 0.25) is 0 Å². The molecule has 1 unspecified atom stereocenters. The van der Waals surface area contributed by atoms with Crippen molar-refractivity contribution in [1.29, 1.82) is 5.26 Å². The van der Waals surface area contributed by atoms with Crippen LogP contribution in [0.25, 0.3) is 0 Å². The van der Waals surface area contributed by atoms with E-state index < -0.39 is 40.5 Å². The van der Waals surface area contributed by atoms with E-state index in [2.05, 4.69) is 4.98 Å². The molecule has 1 heterocycles. The summed E-state index contributed by atoms with van der Waals surface area (Å²) in [5, 5.41) is 8.18. The molecule has 5 nitrogen and oxygen atoms in total. The topological polar surface area (TPSA) is 72.2 Å². The van der Waals surface area contributed by atoms with E-state index in [0.717, 1.165) is 6.08 Å². The van der Waals surface area contributed by atoms with E-state index in [1.165, 1.54) is 6.07 Å². The molecule has 1 saturated carbocycles. The van der Waals surface area contributed by atoms with Crippen LogP contribution in [0.15, 0.2) is 59.6 Å². The molecule has 2 aromatic rings. The number of carbonyl (C=O) groups excluding carboxylic acids is 1. The Morgan fingerprint density at radius 1 is 1.23 bits per heavy atom. The zero-order valence-corrected chi connectivity index (χ0v) is 17.3. The number of benzene rings is 1. The van der Waals surface area contributed by atoms with Gasteiger partial charge in [0.2, 0.25) is 12.0 Å². The number of para-hydroxylation sites is 1. The van der Waals surface area contributed by atoms with Crippen molar-refractivity contribution in [2.45, 2.75) is 26.1 Å². The van der Waals surface area contributed by atoms with Crippen LogP contribution >= 0.6 is 11.6 Å². The molecule has 0 spiro atoms. The van der Waals surface area contributed by atoms with Crippen molar-refractivity contribution in [2.75, 3.05) is 0 Å². The number of hydrogen-bond acceptors (Lipinski definition) is 5. The molecule has 1 aliphatic rings. The average molecular weight is 451 g/mol. The third-order valence-electron chi connectivity index (χ3n) is 5.09. The number of rotatable bonds is 6. The van der Waals surface area contributed by atoms with Crippen molar-refractivity contribution in [3.05, 3.63) is 65.3 Å². The molecule has 1 aromatic heterocycles. The Hall–Kier alpha value is -3.05. The lowest BCUT2D eigenvalue weighted by Crippen LogP contribution is -2.15. The largest absolute Gasteiger partial charge is 0.440 e. The first kappa shape index (κ1) is 22.6. The van der Waals surface area contributed by atoms with Crippen LogP contribution in [0.3, 0.4) is 0 Å². The summed E-state index contributed by atoms with van der Waals surface area (Å²) in [7, 11) is 0. The minimum Gasteiger partial charge on any atom is -0.440 e. The van der Waals surface area contributed by atoms with Gasteiger partial charge < -0.3 is 9.47 Å². The summed E-state index contributed by atoms with van der Waals surface area (Å²) in [6.45, 7) is 3.27. The van der Waals surface area contributed by atoms with Gasteiger partial charge in [-0.25, -0.2) is 4.98 Å². The molecule has 1 fully saturated rings. The summed E-state index contributed by atoms with van der Waals surface area (Å²) in [5.41, 5.74) is -0.642. The van der Waals surface area contributed by atoms with Gasteiger partial charge in [-0.2, -0.15) is 18.4 Å². The number of ether oxygens (including phenoxy) is 2. The Bertz CT molecular complexity index is 1030. The molecule has 0 N–H and O–H groups in total. The van der Waals surface area contributed by atoms with E-state index in [9.17, 15) is 23.2 Å². The number of nitriles is 1. The maximum atomic E-state index is 12.7. The van der Waals surface area contributed by atoms with Gasteiger partial charge in [0.05, 0.1) is 11.6 Å². The predicted molar refractivity (Wildman–Crippen MR) is 106 cm³/mol. The Labute approximate surface area is 182 Å². The summed E-state index contributed by atoms with van der Waals surface area (Å²) in [4.78, 5) is 16.8. The number of nitrogens with zero attached hydrogens (tertiary/aromatic N) is 2. The minimum atomic E-state index is -4.69. The summed E-state index contributed by atoms with van der Waals surface area (Å²) in [6, 6.07) is 15.4. The quantitative estimate of drug-likeness (QED) is 0.509. The molecule has 162 valence electrons. The van der Waals surface area contributed by atoms with Crippen molar-refractivity contribution in [3.63, 3.8) is 0 Å². The summed E-state index contributed by atoms with van der Waals surface area (Å²) in [6.07, 6.45) is -5.21. The van der Waals surface area contributed by atoms with Gasteiger partial charge in [0.1, 0.15) is 16.9 Å². The molecule has 0 radical (unpaired) electrons. The monoisotopic (exact) mass is 450 g/mol. The molecule has 0 bridgehead atoms. The fourth-order valence-corrected chi connectivity index (χ4v) is 3.41. The van der Waals surface area contributed by atoms with Crippen LogP contribution in [0.5, 0.6) is 11.6 Å². The molecular weight excluding hydrogens is 433 g/mol. The summed E-state index contributed by atoms with van der Waals surface area (Å²) in [5.74, 6) is -1.67. The number of pyridine rings is 1. The predicted octanol–water partition coefficient (Wildman–Crippen LogP) is 5.94. The van der Waals surface area contributed by atoms with Gasteiger partial charge in [-0.15, -0.1) is 0 Å². The highest BCUT2D eigenvalue weighted by Gasteiger charge is 2.62. The highest BCUT2D eigenvalue weighted by atomic mass is 35.5. The van der Waals surface area contributed by atoms with Gasteiger partial charge in [-0.1, -0.05) is 55.8 Å². The number of hydrogen-bond donors (Lipinski definition) is 0. The first-order valence-electron chi connectivity index (χ1n) is 9.28. The Kier molecular flexibility index (Phi) is 6.27. The molecule has 3 atom stereocenters. The molecule has 0 saturated heterocycles. The number of esters is 1. The van der Waals surface area contributed by atoms with Gasteiger partial charge in [-0.3, -0.25) is 4.79 Å². The van der Waals surface area contributed by atoms with E-state index >= 15 is 0 Å². The smallest absolute Gasteiger partial charge is 0.426 e. The van der Waals surface area contributed by atoms with Gasteiger partial charge in [-0.05, 0) is 29.5 Å². The molecule has 31 heavy (non-hydrogen) atoms. The van der Waals surface area contributed by atoms with Crippen molar-refractivity contribution in [1.82, 2.24) is 4.98 Å². The molecule has 0 amide bonds. The normalized spacial score (nSPS) is 21.0. The maximum absolute atomic E-state index is 12.7. The van der Waals surface area contributed by atoms with Gasteiger partial charge in [0.15, 0.2) is 0 Å². The zero-order valence-electron chi connectivity index (χ0n) is 16.6. The van der Waals surface area contributed by atoms with Gasteiger partial charge >= 0.3 is 12.1 Å². The number of aromatic nitrogens is 1. The molecule has 0 aliphatic heterocycles. The molecule has 1 aromatic carbocycles. The summed E-state index contributed by atoms with van der Waals surface area (Å²) < 4.78 is 49.0.